The number of hydrogen-bond donors (Lipinski definition) is 2. The first-order valence-corrected chi connectivity index (χ1v) is 15.0. The molecule has 2 amide bonds. The van der Waals surface area contributed by atoms with Crippen LogP contribution in [0.25, 0.3) is 0 Å². The summed E-state index contributed by atoms with van der Waals surface area (Å²) in [6, 6.07) is 2.61. The molecule has 4 aliphatic rings. The summed E-state index contributed by atoms with van der Waals surface area (Å²) in [6.45, 7) is 2.35. The van der Waals surface area contributed by atoms with Gasteiger partial charge in [0.25, 0.3) is 0 Å². The highest BCUT2D eigenvalue weighted by molar-refractivity contribution is 7.11. The molecular formula is C28H30ClFN6O5S. The van der Waals surface area contributed by atoms with Crippen molar-refractivity contribution in [2.45, 2.75) is 37.4 Å². The van der Waals surface area contributed by atoms with E-state index in [1.54, 1.807) is 11.1 Å². The van der Waals surface area contributed by atoms with Crippen molar-refractivity contribution in [1.82, 2.24) is 25.0 Å². The maximum atomic E-state index is 13.9. The van der Waals surface area contributed by atoms with E-state index in [1.807, 2.05) is 10.3 Å². The number of nitrogens with one attached hydrogen (secondary N) is 1. The van der Waals surface area contributed by atoms with Crippen LogP contribution in [0.5, 0.6) is 0 Å². The number of aromatic nitrogens is 1. The summed E-state index contributed by atoms with van der Waals surface area (Å²) in [7, 11) is 1.29. The molecule has 1 aliphatic carbocycles. The quantitative estimate of drug-likeness (QED) is 0.454. The average molecular weight is 617 g/mol. The summed E-state index contributed by atoms with van der Waals surface area (Å²) in [5, 5.41) is 15.5. The number of halogens is 2. The molecule has 3 fully saturated rings. The SMILES string of the molecule is COC(=O)C1=C(CN2CCN3C(=O)N(C4CCC[C@@H]4C(=O)O)C[C@@H]3C2)NC(c2nccs2)=N[C@H]1c1ccc(F)cc1Cl. The molecule has 0 radical (unpaired) electrons. The van der Waals surface area contributed by atoms with Crippen molar-refractivity contribution >= 4 is 46.7 Å². The Morgan fingerprint density at radius 3 is 2.79 bits per heavy atom. The number of fused-ring (bicyclic) bond motifs is 1. The first-order chi connectivity index (χ1) is 20.2. The highest BCUT2D eigenvalue weighted by Crippen LogP contribution is 2.38. The zero-order chi connectivity index (χ0) is 29.5. The summed E-state index contributed by atoms with van der Waals surface area (Å²) < 4.78 is 19.1. The van der Waals surface area contributed by atoms with Crippen molar-refractivity contribution in [2.75, 3.05) is 39.8 Å². The van der Waals surface area contributed by atoms with Gasteiger partial charge in [-0.15, -0.1) is 11.3 Å². The van der Waals surface area contributed by atoms with Crippen molar-refractivity contribution in [3.63, 3.8) is 0 Å². The number of thiazole rings is 1. The lowest BCUT2D eigenvalue weighted by Gasteiger charge is -2.38. The van der Waals surface area contributed by atoms with Gasteiger partial charge < -0.3 is 25.0 Å². The van der Waals surface area contributed by atoms with Gasteiger partial charge in [0.1, 0.15) is 11.9 Å². The number of esters is 1. The zero-order valence-electron chi connectivity index (χ0n) is 22.8. The van der Waals surface area contributed by atoms with Gasteiger partial charge in [0.15, 0.2) is 10.8 Å². The monoisotopic (exact) mass is 616 g/mol. The van der Waals surface area contributed by atoms with Crippen molar-refractivity contribution in [1.29, 1.82) is 0 Å². The molecule has 6 rings (SSSR count). The Morgan fingerprint density at radius 2 is 2.07 bits per heavy atom. The minimum Gasteiger partial charge on any atom is -0.481 e. The van der Waals surface area contributed by atoms with Crippen LogP contribution in [0, 0.1) is 11.7 Å². The number of urea groups is 1. The van der Waals surface area contributed by atoms with Crippen LogP contribution in [0.2, 0.25) is 5.02 Å². The Kier molecular flexibility index (Phi) is 7.90. The summed E-state index contributed by atoms with van der Waals surface area (Å²) in [5.74, 6) is -2.03. The van der Waals surface area contributed by atoms with Crippen LogP contribution in [0.4, 0.5) is 9.18 Å². The Bertz CT molecular complexity index is 1470. The van der Waals surface area contributed by atoms with E-state index in [2.05, 4.69) is 15.2 Å². The van der Waals surface area contributed by atoms with Gasteiger partial charge in [-0.2, -0.15) is 0 Å². The largest absolute Gasteiger partial charge is 0.481 e. The van der Waals surface area contributed by atoms with Crippen LogP contribution in [-0.4, -0.2) is 101 Å². The first kappa shape index (κ1) is 28.6. The molecule has 1 aromatic carbocycles. The van der Waals surface area contributed by atoms with Gasteiger partial charge in [0.05, 0.1) is 24.6 Å². The van der Waals surface area contributed by atoms with E-state index in [4.69, 9.17) is 21.3 Å². The van der Waals surface area contributed by atoms with Crippen LogP contribution in [-0.2, 0) is 14.3 Å². The lowest BCUT2D eigenvalue weighted by molar-refractivity contribution is -0.143. The van der Waals surface area contributed by atoms with E-state index in [-0.39, 0.29) is 28.7 Å². The molecule has 2 aromatic rings. The Labute approximate surface area is 250 Å². The highest BCUT2D eigenvalue weighted by atomic mass is 35.5. The predicted molar refractivity (Wildman–Crippen MR) is 153 cm³/mol. The molecule has 4 heterocycles. The fraction of sp³-hybridized carbons (Fsp3) is 0.464. The maximum Gasteiger partial charge on any atom is 0.338 e. The molecule has 1 aromatic heterocycles. The summed E-state index contributed by atoms with van der Waals surface area (Å²) in [5.41, 5.74) is 1.27. The number of amidine groups is 1. The molecule has 3 aliphatic heterocycles. The number of amides is 2. The Balaban J connectivity index is 1.28. The molecule has 11 nitrogen and oxygen atoms in total. The number of aliphatic imine (C=N–C) groups is 1. The molecule has 4 atom stereocenters. The number of benzene rings is 1. The number of methoxy groups -OCH3 is 1. The predicted octanol–water partition coefficient (Wildman–Crippen LogP) is 3.13. The standard InChI is InChI=1S/C28H30ClFN6O5S/c1-41-27(39)22-20(32-24(25-31-7-10-42-25)33-23(22)17-6-5-15(30)11-19(17)29)14-34-8-9-35-16(12-34)13-36(28(35)40)21-4-2-3-18(21)26(37)38/h5-7,10-11,16,18,21,23H,2-4,8-9,12-14H2,1H3,(H,32,33)(H,37,38)/t16-,18-,21?,23-/m0/s1. The fourth-order valence-electron chi connectivity index (χ4n) is 6.51. The van der Waals surface area contributed by atoms with Crippen LogP contribution in [0.1, 0.15) is 35.9 Å². The van der Waals surface area contributed by atoms with E-state index in [0.29, 0.717) is 67.7 Å². The van der Waals surface area contributed by atoms with Crippen LogP contribution in [0.15, 0.2) is 46.0 Å². The van der Waals surface area contributed by atoms with Gasteiger partial charge in [-0.25, -0.2) is 19.0 Å². The third kappa shape index (κ3) is 5.25. The van der Waals surface area contributed by atoms with Crippen molar-refractivity contribution in [3.8, 4) is 0 Å². The maximum absolute atomic E-state index is 13.9. The third-order valence-corrected chi connectivity index (χ3v) is 9.57. The number of carboxylic acids is 1. The second-order valence-corrected chi connectivity index (χ2v) is 12.2. The molecule has 14 heteroatoms. The summed E-state index contributed by atoms with van der Waals surface area (Å²) in [4.78, 5) is 53.2. The second kappa shape index (κ2) is 11.6. The van der Waals surface area contributed by atoms with Crippen molar-refractivity contribution < 1.29 is 28.6 Å². The Hall–Kier alpha value is -3.55. The number of carbonyl (C=O) groups is 3. The smallest absolute Gasteiger partial charge is 0.338 e. The summed E-state index contributed by atoms with van der Waals surface area (Å²) in [6.07, 6.45) is 3.72. The van der Waals surface area contributed by atoms with E-state index in [1.165, 1.54) is 36.6 Å². The fourth-order valence-corrected chi connectivity index (χ4v) is 7.37. The van der Waals surface area contributed by atoms with Crippen LogP contribution in [0.3, 0.4) is 0 Å². The number of rotatable bonds is 7. The number of piperazine rings is 1. The van der Waals surface area contributed by atoms with Crippen molar-refractivity contribution in [2.24, 2.45) is 10.9 Å². The highest BCUT2D eigenvalue weighted by Gasteiger charge is 2.48. The van der Waals surface area contributed by atoms with Gasteiger partial charge in [-0.1, -0.05) is 24.1 Å². The van der Waals surface area contributed by atoms with Gasteiger partial charge in [0.2, 0.25) is 0 Å². The van der Waals surface area contributed by atoms with Gasteiger partial charge >= 0.3 is 18.0 Å². The van der Waals surface area contributed by atoms with E-state index < -0.39 is 29.7 Å². The lowest BCUT2D eigenvalue weighted by atomic mass is 9.95. The molecule has 0 bridgehead atoms. The molecule has 2 saturated heterocycles. The van der Waals surface area contributed by atoms with Gasteiger partial charge in [-0.3, -0.25) is 14.7 Å². The minimum atomic E-state index is -0.860. The van der Waals surface area contributed by atoms with Gasteiger partial charge in [0, 0.05) is 66.6 Å². The van der Waals surface area contributed by atoms with E-state index in [0.717, 1.165) is 6.42 Å². The number of hydrogen-bond acceptors (Lipinski definition) is 9. The average Bonchev–Trinajstić information content (AvgIpc) is 3.73. The lowest BCUT2D eigenvalue weighted by Crippen LogP contribution is -2.53. The molecule has 222 valence electrons. The van der Waals surface area contributed by atoms with E-state index in [9.17, 15) is 23.9 Å². The Morgan fingerprint density at radius 1 is 1.24 bits per heavy atom. The number of aliphatic carboxylic acids is 1. The van der Waals surface area contributed by atoms with Crippen LogP contribution < -0.4 is 5.32 Å². The van der Waals surface area contributed by atoms with Crippen molar-refractivity contribution in [3.05, 3.63) is 62.5 Å². The molecule has 1 unspecified atom stereocenters. The number of nitrogens with zero attached hydrogens (tertiary/aromatic N) is 5. The van der Waals surface area contributed by atoms with Gasteiger partial charge in [-0.05, 0) is 25.0 Å². The number of carboxylic acid groups (broad SMARTS) is 1. The molecule has 0 spiro atoms. The molecule has 42 heavy (non-hydrogen) atoms. The molecular weight excluding hydrogens is 587 g/mol. The number of ether oxygens (including phenoxy) is 1. The minimum absolute atomic E-state index is 0.104. The second-order valence-electron chi connectivity index (χ2n) is 10.9. The van der Waals surface area contributed by atoms with E-state index >= 15 is 0 Å². The zero-order valence-corrected chi connectivity index (χ0v) is 24.4. The van der Waals surface area contributed by atoms with Crippen LogP contribution >= 0.6 is 22.9 Å². The molecule has 2 N–H and O–H groups in total. The number of carbonyl (C=O) groups excluding carboxylic acids is 2. The third-order valence-electron chi connectivity index (χ3n) is 8.47. The topological polar surface area (TPSA) is 128 Å². The summed E-state index contributed by atoms with van der Waals surface area (Å²) >= 11 is 7.84. The molecule has 1 saturated carbocycles. The first-order valence-electron chi connectivity index (χ1n) is 13.8. The normalized spacial score (nSPS) is 26.3.